The molecule has 1 aliphatic carbocycles. The Morgan fingerprint density at radius 2 is 0.742 bits per heavy atom. The number of allylic oxidation sites excluding steroid dienone is 1. The predicted molar refractivity (Wildman–Crippen MR) is 280 cm³/mol. The highest BCUT2D eigenvalue weighted by Gasteiger charge is 2.18. The van der Waals surface area contributed by atoms with Crippen molar-refractivity contribution in [1.29, 1.82) is 0 Å². The first kappa shape index (κ1) is 39.2. The van der Waals surface area contributed by atoms with Crippen LogP contribution >= 0.6 is 0 Å². The smallest absolute Gasteiger partial charge is 0.0541 e. The first-order valence-electron chi connectivity index (χ1n) is 23.0. The van der Waals surface area contributed by atoms with Gasteiger partial charge >= 0.3 is 0 Å². The number of hydrogen-bond acceptors (Lipinski definition) is 1. The van der Waals surface area contributed by atoms with Crippen LogP contribution in [-0.4, -0.2) is 4.57 Å². The number of nitrogens with zero attached hydrogens (tertiary/aromatic N) is 2. The van der Waals surface area contributed by atoms with E-state index in [1.807, 2.05) is 0 Å². The molecule has 12 rings (SSSR count). The second-order valence-electron chi connectivity index (χ2n) is 17.2. The Morgan fingerprint density at radius 3 is 1.23 bits per heavy atom. The highest BCUT2D eigenvalue weighted by atomic mass is 15.1. The standard InChI is InChI=1S/C64H46N2/c1-4-13-45(14-5-1)48-23-33-55(34-24-48)65(57-39-29-52(30-40-57)60-22-12-20-51-19-10-11-21-59(51)60)56-35-25-49(26-36-56)50-27-37-58(38-28-50)66-63-41-31-53(46-15-6-2-7-16-46)43-61(63)62-44-54(32-42-64(62)66)47-17-8-3-9-18-47/h1-10,12-20,22-44H,11,21H2. The number of benzene rings is 10. The van der Waals surface area contributed by atoms with E-state index in [0.29, 0.717) is 0 Å². The number of rotatable bonds is 9. The van der Waals surface area contributed by atoms with Gasteiger partial charge in [0.05, 0.1) is 11.0 Å². The van der Waals surface area contributed by atoms with Crippen molar-refractivity contribution in [2.24, 2.45) is 0 Å². The molecule has 0 saturated carbocycles. The minimum atomic E-state index is 1.07. The molecule has 0 radical (unpaired) electrons. The summed E-state index contributed by atoms with van der Waals surface area (Å²) in [5.74, 6) is 0. The number of hydrogen-bond donors (Lipinski definition) is 0. The lowest BCUT2D eigenvalue weighted by Crippen LogP contribution is -2.09. The van der Waals surface area contributed by atoms with Gasteiger partial charge in [-0.15, -0.1) is 0 Å². The van der Waals surface area contributed by atoms with Gasteiger partial charge in [0.2, 0.25) is 0 Å². The number of aromatic nitrogens is 1. The summed E-state index contributed by atoms with van der Waals surface area (Å²) in [5.41, 5.74) is 21.8. The summed E-state index contributed by atoms with van der Waals surface area (Å²) in [7, 11) is 0. The van der Waals surface area contributed by atoms with E-state index in [0.717, 1.165) is 35.6 Å². The van der Waals surface area contributed by atoms with Crippen LogP contribution in [0.3, 0.4) is 0 Å². The van der Waals surface area contributed by atoms with Gasteiger partial charge in [0.15, 0.2) is 0 Å². The molecular formula is C64H46N2. The van der Waals surface area contributed by atoms with Gasteiger partial charge in [0, 0.05) is 33.5 Å². The van der Waals surface area contributed by atoms with E-state index in [4.69, 9.17) is 0 Å². The topological polar surface area (TPSA) is 8.17 Å². The van der Waals surface area contributed by atoms with Crippen LogP contribution in [0.2, 0.25) is 0 Å². The van der Waals surface area contributed by atoms with Crippen molar-refractivity contribution in [2.45, 2.75) is 12.8 Å². The summed E-state index contributed by atoms with van der Waals surface area (Å²) in [6, 6.07) is 88.5. The Morgan fingerprint density at radius 1 is 0.333 bits per heavy atom. The van der Waals surface area contributed by atoms with E-state index < -0.39 is 0 Å². The summed E-state index contributed by atoms with van der Waals surface area (Å²) >= 11 is 0. The molecule has 312 valence electrons. The zero-order valence-corrected chi connectivity index (χ0v) is 36.6. The van der Waals surface area contributed by atoms with Crippen LogP contribution in [0.5, 0.6) is 0 Å². The van der Waals surface area contributed by atoms with Gasteiger partial charge in [0.1, 0.15) is 0 Å². The van der Waals surface area contributed by atoms with E-state index in [2.05, 4.69) is 264 Å². The van der Waals surface area contributed by atoms with Crippen molar-refractivity contribution in [2.75, 3.05) is 4.90 Å². The van der Waals surface area contributed by atoms with Crippen LogP contribution in [0.4, 0.5) is 17.1 Å². The molecule has 0 amide bonds. The van der Waals surface area contributed by atoms with Gasteiger partial charge in [-0.05, 0) is 152 Å². The minimum Gasteiger partial charge on any atom is -0.311 e. The van der Waals surface area contributed by atoms with Gasteiger partial charge < -0.3 is 9.47 Å². The van der Waals surface area contributed by atoms with E-state index in [9.17, 15) is 0 Å². The Kier molecular flexibility index (Phi) is 10.0. The predicted octanol–water partition coefficient (Wildman–Crippen LogP) is 17.5. The quantitative estimate of drug-likeness (QED) is 0.141. The van der Waals surface area contributed by atoms with Crippen LogP contribution in [-0.2, 0) is 6.42 Å². The molecule has 2 heteroatoms. The Balaban J connectivity index is 0.890. The molecule has 0 spiro atoms. The Labute approximate surface area is 386 Å². The first-order valence-corrected chi connectivity index (χ1v) is 23.0. The van der Waals surface area contributed by atoms with Gasteiger partial charge in [0.25, 0.3) is 0 Å². The van der Waals surface area contributed by atoms with Crippen LogP contribution in [0.15, 0.2) is 249 Å². The molecule has 0 aliphatic heterocycles. The summed E-state index contributed by atoms with van der Waals surface area (Å²) in [6.45, 7) is 0. The highest BCUT2D eigenvalue weighted by molar-refractivity contribution is 6.11. The fourth-order valence-electron chi connectivity index (χ4n) is 9.95. The van der Waals surface area contributed by atoms with Crippen molar-refractivity contribution in [3.63, 3.8) is 0 Å². The first-order chi connectivity index (χ1) is 32.7. The number of anilines is 3. The lowest BCUT2D eigenvalue weighted by molar-refractivity contribution is 0.988. The molecule has 0 bridgehead atoms. The number of fused-ring (bicyclic) bond motifs is 4. The molecule has 1 heterocycles. The van der Waals surface area contributed by atoms with Crippen molar-refractivity contribution in [3.8, 4) is 61.3 Å². The average Bonchev–Trinajstić information content (AvgIpc) is 3.73. The van der Waals surface area contributed by atoms with Gasteiger partial charge in [-0.3, -0.25) is 0 Å². The van der Waals surface area contributed by atoms with Crippen molar-refractivity contribution in [1.82, 2.24) is 4.57 Å². The zero-order valence-electron chi connectivity index (χ0n) is 36.6. The molecule has 2 nitrogen and oxygen atoms in total. The molecule has 11 aromatic rings. The molecule has 0 atom stereocenters. The highest BCUT2D eigenvalue weighted by Crippen LogP contribution is 2.41. The molecule has 0 unspecified atom stereocenters. The fraction of sp³-hybridized carbons (Fsp3) is 0.0312. The average molecular weight is 843 g/mol. The summed E-state index contributed by atoms with van der Waals surface area (Å²) in [5, 5.41) is 2.49. The molecule has 1 aromatic heterocycles. The lowest BCUT2D eigenvalue weighted by atomic mass is 9.89. The van der Waals surface area contributed by atoms with E-state index in [-0.39, 0.29) is 0 Å². The fourth-order valence-corrected chi connectivity index (χ4v) is 9.95. The van der Waals surface area contributed by atoms with Gasteiger partial charge in [-0.2, -0.15) is 0 Å². The summed E-state index contributed by atoms with van der Waals surface area (Å²) in [4.78, 5) is 2.36. The maximum absolute atomic E-state index is 2.41. The third kappa shape index (κ3) is 7.29. The maximum atomic E-state index is 2.41. The molecule has 0 saturated heterocycles. The third-order valence-corrected chi connectivity index (χ3v) is 13.3. The second kappa shape index (κ2) is 16.9. The third-order valence-electron chi connectivity index (χ3n) is 13.3. The second-order valence-corrected chi connectivity index (χ2v) is 17.2. The zero-order chi connectivity index (χ0) is 43.8. The lowest BCUT2D eigenvalue weighted by Gasteiger charge is -2.26. The molecule has 0 fully saturated rings. The Hall–Kier alpha value is -8.46. The minimum absolute atomic E-state index is 1.07. The summed E-state index contributed by atoms with van der Waals surface area (Å²) < 4.78 is 2.41. The van der Waals surface area contributed by atoms with Crippen molar-refractivity contribution >= 4 is 44.9 Å². The van der Waals surface area contributed by atoms with E-state index in [1.165, 1.54) is 88.6 Å². The molecule has 10 aromatic carbocycles. The molecule has 66 heavy (non-hydrogen) atoms. The van der Waals surface area contributed by atoms with Gasteiger partial charge in [-0.1, -0.05) is 182 Å². The van der Waals surface area contributed by atoms with Gasteiger partial charge in [-0.25, -0.2) is 0 Å². The monoisotopic (exact) mass is 842 g/mol. The molecular weight excluding hydrogens is 797 g/mol. The van der Waals surface area contributed by atoms with Crippen molar-refractivity contribution < 1.29 is 0 Å². The van der Waals surface area contributed by atoms with E-state index in [1.54, 1.807) is 0 Å². The van der Waals surface area contributed by atoms with Crippen LogP contribution in [0, 0.1) is 0 Å². The summed E-state index contributed by atoms with van der Waals surface area (Å²) in [6.07, 6.45) is 6.71. The molecule has 1 aliphatic rings. The van der Waals surface area contributed by atoms with Crippen LogP contribution in [0.1, 0.15) is 17.5 Å². The molecule has 0 N–H and O–H groups in total. The largest absolute Gasteiger partial charge is 0.311 e. The SMILES string of the molecule is C1=Cc2cccc(-c3ccc(N(c4ccc(-c5ccccc5)cc4)c4ccc(-c5ccc(-n6c7ccc(-c8ccccc8)cc7c7cc(-c8ccccc8)ccc76)cc5)cc4)cc3)c2CC1. The van der Waals surface area contributed by atoms with Crippen LogP contribution < -0.4 is 4.90 Å². The Bertz CT molecular complexity index is 3420. The van der Waals surface area contributed by atoms with E-state index >= 15 is 0 Å². The maximum Gasteiger partial charge on any atom is 0.0541 e. The van der Waals surface area contributed by atoms with Crippen LogP contribution in [0.25, 0.3) is 89.2 Å². The normalized spacial score (nSPS) is 12.1. The van der Waals surface area contributed by atoms with Crippen molar-refractivity contribution in [3.05, 3.63) is 260 Å².